The van der Waals surface area contributed by atoms with Gasteiger partial charge in [-0.1, -0.05) is 62.4 Å². The number of amides is 1. The Labute approximate surface area is 239 Å². The van der Waals surface area contributed by atoms with Crippen molar-refractivity contribution in [2.24, 2.45) is 5.92 Å². The Morgan fingerprint density at radius 2 is 1.95 bits per heavy atom. The molecule has 0 radical (unpaired) electrons. The Morgan fingerprint density at radius 3 is 2.64 bits per heavy atom. The first-order valence-electron chi connectivity index (χ1n) is 13.7. The first kappa shape index (κ1) is 29.3. The molecule has 208 valence electrons. The van der Waals surface area contributed by atoms with Crippen molar-refractivity contribution in [2.45, 2.75) is 70.6 Å². The number of benzene rings is 2. The SMILES string of the molecule is CSCC[C@H](NC(=O)c1ccc(COC(CC2CCCCC2)c2cncs2)cc1-c1ccccc1C)C(=O)O. The second kappa shape index (κ2) is 14.6. The number of carbonyl (C=O) groups is 2. The van der Waals surface area contributed by atoms with Crippen molar-refractivity contribution in [3.8, 4) is 11.1 Å². The first-order valence-corrected chi connectivity index (χ1v) is 15.9. The lowest BCUT2D eigenvalue weighted by Gasteiger charge is -2.26. The summed E-state index contributed by atoms with van der Waals surface area (Å²) in [6, 6.07) is 12.7. The Hall–Kier alpha value is -2.68. The highest BCUT2D eigenvalue weighted by Gasteiger charge is 2.24. The zero-order valence-corrected chi connectivity index (χ0v) is 24.4. The van der Waals surface area contributed by atoms with Gasteiger partial charge in [-0.25, -0.2) is 4.79 Å². The number of aromatic nitrogens is 1. The average molecular weight is 567 g/mol. The number of aryl methyl sites for hydroxylation is 1. The predicted molar refractivity (Wildman–Crippen MR) is 159 cm³/mol. The molecule has 0 saturated heterocycles. The lowest BCUT2D eigenvalue weighted by molar-refractivity contribution is -0.139. The number of aliphatic carboxylic acids is 1. The third-order valence-electron chi connectivity index (χ3n) is 7.47. The van der Waals surface area contributed by atoms with Gasteiger partial charge in [0.25, 0.3) is 5.91 Å². The van der Waals surface area contributed by atoms with Gasteiger partial charge in [0, 0.05) is 11.8 Å². The number of carboxylic acid groups (broad SMARTS) is 1. The standard InChI is InChI=1S/C31H38N2O4S2/c1-21-8-6-7-11-24(21)26-16-23(12-13-25(26)30(34)33-27(31(35)36)14-15-38-2)19-37-28(29-18-32-20-39-29)17-22-9-4-3-5-10-22/h6-8,11-13,16,18,20,22,27-28H,3-5,9-10,14-15,17,19H2,1-2H3,(H,33,34)(H,35,36)/t27-,28?/m0/s1. The molecule has 1 aliphatic carbocycles. The van der Waals surface area contributed by atoms with E-state index in [9.17, 15) is 14.7 Å². The monoisotopic (exact) mass is 566 g/mol. The summed E-state index contributed by atoms with van der Waals surface area (Å²) in [5.41, 5.74) is 6.07. The summed E-state index contributed by atoms with van der Waals surface area (Å²) >= 11 is 3.20. The third-order valence-corrected chi connectivity index (χ3v) is 8.98. The van der Waals surface area contributed by atoms with E-state index in [2.05, 4.69) is 10.3 Å². The summed E-state index contributed by atoms with van der Waals surface area (Å²) in [6.07, 6.45) is 11.6. The lowest BCUT2D eigenvalue weighted by atomic mass is 9.85. The number of nitrogens with one attached hydrogen (secondary N) is 1. The molecule has 1 saturated carbocycles. The molecule has 1 fully saturated rings. The second-order valence-corrected chi connectivity index (χ2v) is 12.2. The molecule has 0 bridgehead atoms. The number of hydrogen-bond donors (Lipinski definition) is 2. The Bertz CT molecular complexity index is 1230. The quantitative estimate of drug-likeness (QED) is 0.226. The van der Waals surface area contributed by atoms with Crippen LogP contribution in [0.1, 0.15) is 77.4 Å². The van der Waals surface area contributed by atoms with E-state index in [1.54, 1.807) is 29.2 Å². The van der Waals surface area contributed by atoms with Crippen molar-refractivity contribution >= 4 is 35.0 Å². The number of rotatable bonds is 13. The van der Waals surface area contributed by atoms with Gasteiger partial charge in [0.2, 0.25) is 0 Å². The summed E-state index contributed by atoms with van der Waals surface area (Å²) in [6.45, 7) is 2.43. The van der Waals surface area contributed by atoms with Crippen LogP contribution < -0.4 is 5.32 Å². The van der Waals surface area contributed by atoms with Crippen LogP contribution in [0.5, 0.6) is 0 Å². The number of carbonyl (C=O) groups excluding carboxylic acids is 1. The molecule has 1 amide bonds. The molecule has 1 heterocycles. The van der Waals surface area contributed by atoms with Gasteiger partial charge in [0.05, 0.1) is 23.1 Å². The van der Waals surface area contributed by atoms with E-state index in [1.807, 2.05) is 61.3 Å². The average Bonchev–Trinajstić information content (AvgIpc) is 3.49. The maximum Gasteiger partial charge on any atom is 0.326 e. The number of hydrogen-bond acceptors (Lipinski definition) is 6. The molecule has 8 heteroatoms. The smallest absolute Gasteiger partial charge is 0.326 e. The minimum Gasteiger partial charge on any atom is -0.480 e. The van der Waals surface area contributed by atoms with E-state index in [1.165, 1.54) is 32.1 Å². The number of carboxylic acids is 1. The van der Waals surface area contributed by atoms with Gasteiger partial charge in [0.1, 0.15) is 6.04 Å². The molecule has 2 aromatic carbocycles. The third kappa shape index (κ3) is 8.16. The molecule has 0 spiro atoms. The second-order valence-electron chi connectivity index (χ2n) is 10.3. The van der Waals surface area contributed by atoms with Crippen LogP contribution in [-0.2, 0) is 16.1 Å². The largest absolute Gasteiger partial charge is 0.480 e. The maximum atomic E-state index is 13.4. The van der Waals surface area contributed by atoms with E-state index >= 15 is 0 Å². The highest BCUT2D eigenvalue weighted by atomic mass is 32.2. The van der Waals surface area contributed by atoms with Gasteiger partial charge >= 0.3 is 5.97 Å². The molecule has 3 aromatic rings. The molecule has 2 atom stereocenters. The van der Waals surface area contributed by atoms with Crippen LogP contribution in [0, 0.1) is 12.8 Å². The topological polar surface area (TPSA) is 88.5 Å². The Kier molecular flexibility index (Phi) is 11.0. The molecule has 0 aliphatic heterocycles. The molecular weight excluding hydrogens is 528 g/mol. The highest BCUT2D eigenvalue weighted by molar-refractivity contribution is 7.98. The van der Waals surface area contributed by atoms with E-state index < -0.39 is 12.0 Å². The van der Waals surface area contributed by atoms with Crippen molar-refractivity contribution in [1.82, 2.24) is 10.3 Å². The highest BCUT2D eigenvalue weighted by Crippen LogP contribution is 2.36. The van der Waals surface area contributed by atoms with Crippen LogP contribution in [0.3, 0.4) is 0 Å². The van der Waals surface area contributed by atoms with E-state index in [-0.39, 0.29) is 12.0 Å². The zero-order valence-electron chi connectivity index (χ0n) is 22.7. The van der Waals surface area contributed by atoms with Crippen LogP contribution in [0.4, 0.5) is 0 Å². The molecule has 1 unspecified atom stereocenters. The van der Waals surface area contributed by atoms with Crippen molar-refractivity contribution in [1.29, 1.82) is 0 Å². The van der Waals surface area contributed by atoms with Gasteiger partial charge < -0.3 is 15.2 Å². The van der Waals surface area contributed by atoms with Crippen LogP contribution in [-0.4, -0.2) is 40.0 Å². The van der Waals surface area contributed by atoms with Crippen molar-refractivity contribution in [3.63, 3.8) is 0 Å². The predicted octanol–water partition coefficient (Wildman–Crippen LogP) is 7.28. The Morgan fingerprint density at radius 1 is 1.15 bits per heavy atom. The van der Waals surface area contributed by atoms with Crippen LogP contribution in [0.2, 0.25) is 0 Å². The zero-order chi connectivity index (χ0) is 27.6. The van der Waals surface area contributed by atoms with E-state index in [0.29, 0.717) is 30.3 Å². The number of nitrogens with zero attached hydrogens (tertiary/aromatic N) is 1. The van der Waals surface area contributed by atoms with Crippen LogP contribution >= 0.6 is 23.1 Å². The van der Waals surface area contributed by atoms with Crippen LogP contribution in [0.25, 0.3) is 11.1 Å². The van der Waals surface area contributed by atoms with Gasteiger partial charge in [-0.3, -0.25) is 9.78 Å². The maximum absolute atomic E-state index is 13.4. The minimum absolute atomic E-state index is 0.00162. The molecular formula is C31H38N2O4S2. The first-order chi connectivity index (χ1) is 19.0. The Balaban J connectivity index is 1.57. The van der Waals surface area contributed by atoms with Crippen molar-refractivity contribution < 1.29 is 19.4 Å². The fourth-order valence-corrected chi connectivity index (χ4v) is 6.43. The fraction of sp³-hybridized carbons (Fsp3) is 0.452. The van der Waals surface area contributed by atoms with E-state index in [0.717, 1.165) is 33.6 Å². The number of ether oxygens (including phenoxy) is 1. The molecule has 4 rings (SSSR count). The lowest BCUT2D eigenvalue weighted by Crippen LogP contribution is -2.41. The van der Waals surface area contributed by atoms with Crippen LogP contribution in [0.15, 0.2) is 54.2 Å². The summed E-state index contributed by atoms with van der Waals surface area (Å²) in [5.74, 6) is -0.0753. The normalized spacial score (nSPS) is 15.5. The summed E-state index contributed by atoms with van der Waals surface area (Å²) in [4.78, 5) is 30.6. The summed E-state index contributed by atoms with van der Waals surface area (Å²) < 4.78 is 6.53. The van der Waals surface area contributed by atoms with Crippen molar-refractivity contribution in [2.75, 3.05) is 12.0 Å². The molecule has 39 heavy (non-hydrogen) atoms. The minimum atomic E-state index is -1.02. The van der Waals surface area contributed by atoms with Gasteiger partial charge in [-0.15, -0.1) is 11.3 Å². The van der Waals surface area contributed by atoms with Gasteiger partial charge in [-0.05, 0) is 72.1 Å². The molecule has 6 nitrogen and oxygen atoms in total. The van der Waals surface area contributed by atoms with E-state index in [4.69, 9.17) is 4.74 Å². The molecule has 1 aliphatic rings. The van der Waals surface area contributed by atoms with Gasteiger partial charge in [0.15, 0.2) is 0 Å². The number of thioether (sulfide) groups is 1. The number of thiazole rings is 1. The van der Waals surface area contributed by atoms with Gasteiger partial charge in [-0.2, -0.15) is 11.8 Å². The summed E-state index contributed by atoms with van der Waals surface area (Å²) in [7, 11) is 0. The molecule has 1 aromatic heterocycles. The fourth-order valence-electron chi connectivity index (χ4n) is 5.28. The molecule has 2 N–H and O–H groups in total. The van der Waals surface area contributed by atoms with Crippen molar-refractivity contribution in [3.05, 3.63) is 75.7 Å². The summed E-state index contributed by atoms with van der Waals surface area (Å²) in [5, 5.41) is 12.4.